The predicted octanol–water partition coefficient (Wildman–Crippen LogP) is 5.46. The Kier molecular flexibility index (Phi) is 5.24. The SMILES string of the molecule is O=C1O[C@]2(CCN(C(=O)c3ccc(Oc4ncc(C(F)(F)F)cc4Cl)cc3)C2)c2ccccc21. The van der Waals surface area contributed by atoms with Crippen molar-refractivity contribution in [1.29, 1.82) is 0 Å². The van der Waals surface area contributed by atoms with Crippen LogP contribution in [0.3, 0.4) is 0 Å². The number of carbonyl (C=O) groups is 2. The number of ether oxygens (including phenoxy) is 2. The van der Waals surface area contributed by atoms with Gasteiger partial charge in [0.05, 0.1) is 17.7 Å². The lowest BCUT2D eigenvalue weighted by atomic mass is 9.91. The number of benzene rings is 2. The van der Waals surface area contributed by atoms with Crippen molar-refractivity contribution < 1.29 is 32.2 Å². The molecule has 1 spiro atoms. The molecule has 0 unspecified atom stereocenters. The summed E-state index contributed by atoms with van der Waals surface area (Å²) >= 11 is 5.87. The summed E-state index contributed by atoms with van der Waals surface area (Å²) in [5.74, 6) is -0.560. The highest BCUT2D eigenvalue weighted by Gasteiger charge is 2.50. The number of hydrogen-bond donors (Lipinski definition) is 0. The Balaban J connectivity index is 1.29. The highest BCUT2D eigenvalue weighted by Crippen LogP contribution is 2.43. The molecule has 1 fully saturated rings. The number of amides is 1. The molecule has 2 aromatic carbocycles. The second-order valence-electron chi connectivity index (χ2n) is 8.04. The molecule has 0 aliphatic carbocycles. The van der Waals surface area contributed by atoms with Crippen LogP contribution in [-0.2, 0) is 16.5 Å². The molecular formula is C24H16ClF3N2O4. The van der Waals surface area contributed by atoms with E-state index >= 15 is 0 Å². The number of hydrogen-bond acceptors (Lipinski definition) is 5. The molecule has 174 valence electrons. The van der Waals surface area contributed by atoms with Crippen molar-refractivity contribution in [2.45, 2.75) is 18.2 Å². The minimum Gasteiger partial charge on any atom is -0.449 e. The number of fused-ring (bicyclic) bond motifs is 2. The fourth-order valence-electron chi connectivity index (χ4n) is 4.22. The molecule has 3 aromatic rings. The average Bonchev–Trinajstić information content (AvgIpc) is 3.36. The maximum atomic E-state index is 13.0. The molecule has 1 saturated heterocycles. The summed E-state index contributed by atoms with van der Waals surface area (Å²) in [5, 5.41) is -0.288. The highest BCUT2D eigenvalue weighted by atomic mass is 35.5. The molecule has 0 radical (unpaired) electrons. The van der Waals surface area contributed by atoms with Gasteiger partial charge in [-0.2, -0.15) is 13.2 Å². The third kappa shape index (κ3) is 3.86. The topological polar surface area (TPSA) is 68.7 Å². The van der Waals surface area contributed by atoms with E-state index in [2.05, 4.69) is 4.98 Å². The lowest BCUT2D eigenvalue weighted by Gasteiger charge is -2.24. The largest absolute Gasteiger partial charge is 0.449 e. The number of alkyl halides is 3. The van der Waals surface area contributed by atoms with E-state index in [1.807, 2.05) is 12.1 Å². The van der Waals surface area contributed by atoms with Gasteiger partial charge in [-0.05, 0) is 36.4 Å². The van der Waals surface area contributed by atoms with Gasteiger partial charge in [0.1, 0.15) is 10.8 Å². The maximum absolute atomic E-state index is 13.0. The first-order chi connectivity index (χ1) is 16.2. The zero-order valence-corrected chi connectivity index (χ0v) is 18.2. The zero-order chi connectivity index (χ0) is 24.1. The number of halogens is 4. The Bertz CT molecular complexity index is 1300. The number of aromatic nitrogens is 1. The van der Waals surface area contributed by atoms with Crippen LogP contribution in [0.4, 0.5) is 13.2 Å². The summed E-state index contributed by atoms with van der Waals surface area (Å²) < 4.78 is 49.4. The van der Waals surface area contributed by atoms with Gasteiger partial charge in [-0.3, -0.25) is 4.79 Å². The van der Waals surface area contributed by atoms with Gasteiger partial charge in [0.25, 0.3) is 5.91 Å². The molecule has 34 heavy (non-hydrogen) atoms. The van der Waals surface area contributed by atoms with E-state index < -0.39 is 17.3 Å². The number of rotatable bonds is 3. The lowest BCUT2D eigenvalue weighted by Crippen LogP contribution is -2.34. The molecule has 3 heterocycles. The summed E-state index contributed by atoms with van der Waals surface area (Å²) in [6.07, 6.45) is -3.43. The molecule has 6 nitrogen and oxygen atoms in total. The predicted molar refractivity (Wildman–Crippen MR) is 115 cm³/mol. The van der Waals surface area contributed by atoms with Gasteiger partial charge in [-0.25, -0.2) is 9.78 Å². The molecule has 5 rings (SSSR count). The summed E-state index contributed by atoms with van der Waals surface area (Å²) in [6.45, 7) is 0.668. The van der Waals surface area contributed by atoms with Crippen LogP contribution in [0.15, 0.2) is 60.8 Å². The minimum atomic E-state index is -4.57. The van der Waals surface area contributed by atoms with Gasteiger partial charge in [0.2, 0.25) is 5.88 Å². The third-order valence-corrected chi connectivity index (χ3v) is 6.17. The Labute approximate surface area is 196 Å². The van der Waals surface area contributed by atoms with Gasteiger partial charge in [0, 0.05) is 30.3 Å². The maximum Gasteiger partial charge on any atom is 0.417 e. The van der Waals surface area contributed by atoms with Crippen molar-refractivity contribution in [2.24, 2.45) is 0 Å². The molecular weight excluding hydrogens is 473 g/mol. The van der Waals surface area contributed by atoms with E-state index in [4.69, 9.17) is 21.1 Å². The van der Waals surface area contributed by atoms with E-state index in [1.165, 1.54) is 24.3 Å². The molecule has 1 atom stereocenters. The van der Waals surface area contributed by atoms with Crippen LogP contribution in [0, 0.1) is 0 Å². The number of likely N-dealkylation sites (tertiary alicyclic amines) is 1. The van der Waals surface area contributed by atoms with Crippen molar-refractivity contribution in [3.8, 4) is 11.6 Å². The zero-order valence-electron chi connectivity index (χ0n) is 17.4. The van der Waals surface area contributed by atoms with Crippen molar-refractivity contribution in [3.63, 3.8) is 0 Å². The third-order valence-electron chi connectivity index (χ3n) is 5.90. The fourth-order valence-corrected chi connectivity index (χ4v) is 4.42. The first-order valence-electron chi connectivity index (χ1n) is 10.3. The number of esters is 1. The number of nitrogens with zero attached hydrogens (tertiary/aromatic N) is 2. The molecule has 1 aromatic heterocycles. The summed E-state index contributed by atoms with van der Waals surface area (Å²) in [6, 6.07) is 14.0. The van der Waals surface area contributed by atoms with E-state index in [9.17, 15) is 22.8 Å². The van der Waals surface area contributed by atoms with Crippen molar-refractivity contribution >= 4 is 23.5 Å². The van der Waals surface area contributed by atoms with Gasteiger partial charge in [-0.15, -0.1) is 0 Å². The first kappa shape index (κ1) is 22.2. The van der Waals surface area contributed by atoms with E-state index in [1.54, 1.807) is 17.0 Å². The molecule has 2 aliphatic heterocycles. The Morgan fingerprint density at radius 3 is 2.59 bits per heavy atom. The quantitative estimate of drug-likeness (QED) is 0.458. The van der Waals surface area contributed by atoms with Crippen LogP contribution in [0.5, 0.6) is 11.6 Å². The Hall–Kier alpha value is -3.59. The fraction of sp³-hybridized carbons (Fsp3) is 0.208. The van der Waals surface area contributed by atoms with Crippen molar-refractivity contribution in [1.82, 2.24) is 9.88 Å². The second kappa shape index (κ2) is 8.02. The standard InChI is InChI=1S/C24H16ClF3N2O4/c25-19-11-15(24(26,27)28)12-29-20(19)33-16-7-5-14(6-8-16)21(31)30-10-9-23(13-30)18-4-2-1-3-17(18)22(32)34-23/h1-8,11-12H,9-10,13H2/t23-/m0/s1. The summed E-state index contributed by atoms with van der Waals surface area (Å²) in [5.41, 5.74) is -0.121. The Morgan fingerprint density at radius 1 is 1.15 bits per heavy atom. The summed E-state index contributed by atoms with van der Waals surface area (Å²) in [7, 11) is 0. The summed E-state index contributed by atoms with van der Waals surface area (Å²) in [4.78, 5) is 30.5. The Morgan fingerprint density at radius 2 is 1.88 bits per heavy atom. The first-order valence-corrected chi connectivity index (χ1v) is 10.7. The minimum absolute atomic E-state index is 0.183. The van der Waals surface area contributed by atoms with Crippen LogP contribution >= 0.6 is 11.6 Å². The van der Waals surface area contributed by atoms with Crippen LogP contribution in [-0.4, -0.2) is 34.8 Å². The molecule has 10 heteroatoms. The molecule has 0 saturated carbocycles. The highest BCUT2D eigenvalue weighted by molar-refractivity contribution is 6.31. The van der Waals surface area contributed by atoms with Gasteiger partial charge < -0.3 is 14.4 Å². The average molecular weight is 489 g/mol. The van der Waals surface area contributed by atoms with Crippen LogP contribution in [0.1, 0.15) is 38.3 Å². The van der Waals surface area contributed by atoms with Gasteiger partial charge in [0.15, 0.2) is 5.60 Å². The van der Waals surface area contributed by atoms with Crippen LogP contribution in [0.25, 0.3) is 0 Å². The number of pyridine rings is 1. The monoisotopic (exact) mass is 488 g/mol. The van der Waals surface area contributed by atoms with Crippen molar-refractivity contribution in [3.05, 3.63) is 88.1 Å². The van der Waals surface area contributed by atoms with Gasteiger partial charge >= 0.3 is 12.1 Å². The van der Waals surface area contributed by atoms with Crippen molar-refractivity contribution in [2.75, 3.05) is 13.1 Å². The number of carbonyl (C=O) groups excluding carboxylic acids is 2. The molecule has 0 N–H and O–H groups in total. The van der Waals surface area contributed by atoms with Crippen LogP contribution < -0.4 is 4.74 Å². The van der Waals surface area contributed by atoms with E-state index in [0.29, 0.717) is 30.3 Å². The van der Waals surface area contributed by atoms with Crippen LogP contribution in [0.2, 0.25) is 5.02 Å². The molecule has 1 amide bonds. The van der Waals surface area contributed by atoms with E-state index in [0.717, 1.165) is 11.6 Å². The normalized spacial score (nSPS) is 19.3. The van der Waals surface area contributed by atoms with E-state index in [-0.39, 0.29) is 35.1 Å². The van der Waals surface area contributed by atoms with Gasteiger partial charge in [-0.1, -0.05) is 29.8 Å². The molecule has 2 aliphatic rings. The second-order valence-corrected chi connectivity index (χ2v) is 8.45. The smallest absolute Gasteiger partial charge is 0.417 e. The molecule has 0 bridgehead atoms. The lowest BCUT2D eigenvalue weighted by molar-refractivity contribution is -0.137.